The van der Waals surface area contributed by atoms with E-state index in [0.717, 1.165) is 0 Å². The van der Waals surface area contributed by atoms with Crippen LogP contribution in [0.3, 0.4) is 0 Å². The molecule has 0 fully saturated rings. The minimum Gasteiger partial charge on any atom is -0.0619 e. The summed E-state index contributed by atoms with van der Waals surface area (Å²) in [6.07, 6.45) is 0. The first-order chi connectivity index (χ1) is 23.3. The lowest BCUT2D eigenvalue weighted by molar-refractivity contribution is 0.659. The largest absolute Gasteiger partial charge is 0.0619 e. The molecule has 10 rings (SSSR count). The fourth-order valence-corrected chi connectivity index (χ4v) is 8.99. The highest BCUT2D eigenvalue weighted by molar-refractivity contribution is 6.17. The Balaban J connectivity index is 1.03. The van der Waals surface area contributed by atoms with E-state index in [9.17, 15) is 0 Å². The van der Waals surface area contributed by atoms with Gasteiger partial charge in [0.2, 0.25) is 0 Å². The molecular formula is C48H36. The zero-order valence-corrected chi connectivity index (χ0v) is 27.9. The van der Waals surface area contributed by atoms with E-state index < -0.39 is 0 Å². The van der Waals surface area contributed by atoms with Crippen molar-refractivity contribution >= 4 is 32.3 Å². The molecule has 0 saturated carbocycles. The fourth-order valence-electron chi connectivity index (χ4n) is 8.99. The zero-order chi connectivity index (χ0) is 32.4. The molecule has 0 radical (unpaired) electrons. The summed E-state index contributed by atoms with van der Waals surface area (Å²) in [6, 6.07) is 55.0. The summed E-state index contributed by atoms with van der Waals surface area (Å²) >= 11 is 0. The minimum absolute atomic E-state index is 0.00515. The highest BCUT2D eigenvalue weighted by atomic mass is 14.4. The predicted octanol–water partition coefficient (Wildman–Crippen LogP) is 13.1. The first-order valence-corrected chi connectivity index (χ1v) is 17.2. The molecule has 0 amide bonds. The van der Waals surface area contributed by atoms with Crippen molar-refractivity contribution in [2.24, 2.45) is 0 Å². The molecule has 0 heteroatoms. The van der Waals surface area contributed by atoms with Crippen molar-refractivity contribution in [1.29, 1.82) is 0 Å². The quantitative estimate of drug-likeness (QED) is 0.170. The van der Waals surface area contributed by atoms with Crippen molar-refractivity contribution in [3.8, 4) is 44.5 Å². The lowest BCUT2D eigenvalue weighted by atomic mass is 9.80. The summed E-state index contributed by atoms with van der Waals surface area (Å²) in [5.74, 6) is 0. The maximum absolute atomic E-state index is 2.46. The second kappa shape index (κ2) is 9.55. The van der Waals surface area contributed by atoms with E-state index in [1.165, 1.54) is 99.1 Å². The molecule has 8 aromatic rings. The summed E-state index contributed by atoms with van der Waals surface area (Å²) in [4.78, 5) is 0. The maximum atomic E-state index is 2.46. The molecule has 2 aliphatic carbocycles. The molecule has 228 valence electrons. The van der Waals surface area contributed by atoms with E-state index in [-0.39, 0.29) is 10.8 Å². The Morgan fingerprint density at radius 2 is 0.708 bits per heavy atom. The smallest absolute Gasteiger partial charge is 0.0159 e. The molecule has 0 atom stereocenters. The van der Waals surface area contributed by atoms with Crippen LogP contribution < -0.4 is 0 Å². The fraction of sp³-hybridized carbons (Fsp3) is 0.125. The van der Waals surface area contributed by atoms with E-state index in [0.29, 0.717) is 0 Å². The number of hydrogen-bond acceptors (Lipinski definition) is 0. The summed E-state index contributed by atoms with van der Waals surface area (Å²) in [5, 5.41) is 7.83. The molecule has 0 unspecified atom stereocenters. The SMILES string of the molecule is CC1(C)c2ccccc2-c2ccc(-c3ccc4c(c3)C(C)(C)c3cc(-c5ccc6c(ccc7c8ccccc8ccc67)c5)ccc3-4)cc21. The van der Waals surface area contributed by atoms with E-state index >= 15 is 0 Å². The van der Waals surface area contributed by atoms with Gasteiger partial charge in [-0.15, -0.1) is 0 Å². The van der Waals surface area contributed by atoms with Crippen LogP contribution in [0.2, 0.25) is 0 Å². The van der Waals surface area contributed by atoms with Crippen molar-refractivity contribution in [3.05, 3.63) is 168 Å². The van der Waals surface area contributed by atoms with Crippen LogP contribution in [0.15, 0.2) is 146 Å². The van der Waals surface area contributed by atoms with E-state index in [1.807, 2.05) is 0 Å². The molecule has 48 heavy (non-hydrogen) atoms. The summed E-state index contributed by atoms with van der Waals surface area (Å²) in [7, 11) is 0. The van der Waals surface area contributed by atoms with Gasteiger partial charge in [0.1, 0.15) is 0 Å². The Bertz CT molecular complexity index is 2660. The molecule has 2 aliphatic rings. The third kappa shape index (κ3) is 3.72. The minimum atomic E-state index is -0.100. The Labute approximate surface area is 282 Å². The highest BCUT2D eigenvalue weighted by Crippen LogP contribution is 2.52. The van der Waals surface area contributed by atoms with Gasteiger partial charge in [-0.1, -0.05) is 149 Å². The van der Waals surface area contributed by atoms with Crippen LogP contribution in [0.25, 0.3) is 76.8 Å². The Morgan fingerprint density at radius 1 is 0.292 bits per heavy atom. The van der Waals surface area contributed by atoms with Gasteiger partial charge in [0.25, 0.3) is 0 Å². The van der Waals surface area contributed by atoms with Crippen LogP contribution in [0, 0.1) is 0 Å². The van der Waals surface area contributed by atoms with Crippen LogP contribution in [0.4, 0.5) is 0 Å². The van der Waals surface area contributed by atoms with E-state index in [4.69, 9.17) is 0 Å². The van der Waals surface area contributed by atoms with Crippen molar-refractivity contribution in [2.45, 2.75) is 38.5 Å². The molecule has 8 aromatic carbocycles. The monoisotopic (exact) mass is 612 g/mol. The van der Waals surface area contributed by atoms with Gasteiger partial charge in [0.05, 0.1) is 0 Å². The van der Waals surface area contributed by atoms with Crippen LogP contribution in [0.1, 0.15) is 49.9 Å². The predicted molar refractivity (Wildman–Crippen MR) is 205 cm³/mol. The van der Waals surface area contributed by atoms with Gasteiger partial charge in [0.15, 0.2) is 0 Å². The second-order valence-electron chi connectivity index (χ2n) is 15.0. The van der Waals surface area contributed by atoms with Crippen molar-refractivity contribution in [3.63, 3.8) is 0 Å². The Morgan fingerprint density at radius 3 is 1.33 bits per heavy atom. The van der Waals surface area contributed by atoms with Gasteiger partial charge >= 0.3 is 0 Å². The first kappa shape index (κ1) is 27.6. The molecule has 0 N–H and O–H groups in total. The van der Waals surface area contributed by atoms with Crippen LogP contribution in [-0.4, -0.2) is 0 Å². The topological polar surface area (TPSA) is 0 Å². The van der Waals surface area contributed by atoms with E-state index in [2.05, 4.69) is 173 Å². The van der Waals surface area contributed by atoms with Gasteiger partial charge in [-0.2, -0.15) is 0 Å². The molecule has 0 bridgehead atoms. The van der Waals surface area contributed by atoms with Crippen molar-refractivity contribution < 1.29 is 0 Å². The van der Waals surface area contributed by atoms with Crippen LogP contribution >= 0.6 is 0 Å². The second-order valence-corrected chi connectivity index (χ2v) is 15.0. The standard InChI is InChI=1S/C48H36/c1-47(2)43-12-8-7-11-39(43)40-22-16-32(27-44(40)47)33-17-24-42-41-23-15-31(26-45(41)48(3,4)46(42)28-33)30-14-19-36-34(25-30)18-21-37-35-10-6-5-9-29(35)13-20-38(36)37/h5-28H,1-4H3. The molecule has 0 aromatic heterocycles. The molecule has 0 nitrogen and oxygen atoms in total. The van der Waals surface area contributed by atoms with Gasteiger partial charge in [0, 0.05) is 10.8 Å². The number of benzene rings is 8. The van der Waals surface area contributed by atoms with Gasteiger partial charge < -0.3 is 0 Å². The van der Waals surface area contributed by atoms with Crippen molar-refractivity contribution in [2.75, 3.05) is 0 Å². The molecular weight excluding hydrogens is 577 g/mol. The number of fused-ring (bicyclic) bond motifs is 11. The zero-order valence-electron chi connectivity index (χ0n) is 27.9. The molecule has 0 heterocycles. The van der Waals surface area contributed by atoms with E-state index in [1.54, 1.807) is 0 Å². The average Bonchev–Trinajstić information content (AvgIpc) is 3.49. The Hall–Kier alpha value is -5.46. The van der Waals surface area contributed by atoms with Gasteiger partial charge in [-0.3, -0.25) is 0 Å². The number of hydrogen-bond donors (Lipinski definition) is 0. The molecule has 0 spiro atoms. The van der Waals surface area contributed by atoms with Gasteiger partial charge in [-0.25, -0.2) is 0 Å². The third-order valence-corrected chi connectivity index (χ3v) is 11.7. The lowest BCUT2D eigenvalue weighted by Crippen LogP contribution is -2.15. The van der Waals surface area contributed by atoms with Gasteiger partial charge in [-0.05, 0) is 123 Å². The molecule has 0 aliphatic heterocycles. The van der Waals surface area contributed by atoms with Crippen LogP contribution in [0.5, 0.6) is 0 Å². The van der Waals surface area contributed by atoms with Crippen molar-refractivity contribution in [1.82, 2.24) is 0 Å². The normalized spacial score (nSPS) is 15.0. The summed E-state index contributed by atoms with van der Waals surface area (Å²) in [6.45, 7) is 9.51. The average molecular weight is 613 g/mol. The first-order valence-electron chi connectivity index (χ1n) is 17.2. The summed E-state index contributed by atoms with van der Waals surface area (Å²) in [5.41, 5.74) is 16.1. The lowest BCUT2D eigenvalue weighted by Gasteiger charge is -2.23. The Kier molecular flexibility index (Phi) is 5.50. The number of rotatable bonds is 2. The summed E-state index contributed by atoms with van der Waals surface area (Å²) < 4.78 is 0. The molecule has 0 saturated heterocycles. The highest BCUT2D eigenvalue weighted by Gasteiger charge is 2.37. The maximum Gasteiger partial charge on any atom is 0.0159 e. The third-order valence-electron chi connectivity index (χ3n) is 11.7. The van der Waals surface area contributed by atoms with Crippen LogP contribution in [-0.2, 0) is 10.8 Å².